The minimum Gasteiger partial charge on any atom is -0.308 e. The summed E-state index contributed by atoms with van der Waals surface area (Å²) in [6.07, 6.45) is 0. The van der Waals surface area contributed by atoms with Gasteiger partial charge < -0.3 is 10.6 Å². The molecular weight excluding hydrogens is 415 g/mol. The number of hydrogen-bond donors (Lipinski definition) is 2. The van der Waals surface area contributed by atoms with Crippen LogP contribution in [0.15, 0.2) is 60.1 Å². The minimum absolute atomic E-state index is 0.124. The van der Waals surface area contributed by atoms with Crippen LogP contribution in [0.5, 0.6) is 0 Å². The van der Waals surface area contributed by atoms with Crippen molar-refractivity contribution in [2.75, 3.05) is 10.6 Å². The summed E-state index contributed by atoms with van der Waals surface area (Å²) in [5, 5.41) is 4.45. The average Bonchev–Trinajstić information content (AvgIpc) is 3.17. The Morgan fingerprint density at radius 1 is 0.900 bits per heavy atom. The SMILES string of the molecule is O=C(Nc1cccc(F)c1)Nc1cc(F)cc(C(=O)c2ccc3ncsc3c2)c1F. The lowest BCUT2D eigenvalue weighted by atomic mass is 10.0. The molecule has 0 spiro atoms. The standard InChI is InChI=1S/C21H12F3N3O2S/c22-12-2-1-3-14(7-12)26-21(29)27-17-9-13(23)8-15(19(17)24)20(28)11-4-5-16-18(6-11)30-10-25-16/h1-10H,(H2,26,27,29). The van der Waals surface area contributed by atoms with Gasteiger partial charge in [-0.3, -0.25) is 4.79 Å². The Morgan fingerprint density at radius 3 is 2.53 bits per heavy atom. The first-order valence-corrected chi connectivity index (χ1v) is 9.49. The number of halogens is 3. The predicted molar refractivity (Wildman–Crippen MR) is 108 cm³/mol. The van der Waals surface area contributed by atoms with E-state index in [0.717, 1.165) is 22.9 Å². The Labute approximate surface area is 172 Å². The Bertz CT molecular complexity index is 1290. The van der Waals surface area contributed by atoms with Gasteiger partial charge in [0.1, 0.15) is 11.6 Å². The van der Waals surface area contributed by atoms with Crippen LogP contribution in [0.3, 0.4) is 0 Å². The van der Waals surface area contributed by atoms with E-state index >= 15 is 0 Å². The Hall–Kier alpha value is -3.72. The molecule has 0 bridgehead atoms. The second kappa shape index (κ2) is 7.96. The van der Waals surface area contributed by atoms with Gasteiger partial charge in [0.15, 0.2) is 11.6 Å². The van der Waals surface area contributed by atoms with Crippen molar-refractivity contribution >= 4 is 44.7 Å². The second-order valence-corrected chi connectivity index (χ2v) is 7.15. The van der Waals surface area contributed by atoms with Gasteiger partial charge in [0.05, 0.1) is 27.0 Å². The van der Waals surface area contributed by atoms with Crippen molar-refractivity contribution in [2.24, 2.45) is 0 Å². The molecule has 0 fully saturated rings. The topological polar surface area (TPSA) is 71.1 Å². The molecule has 2 amide bonds. The molecule has 1 aromatic heterocycles. The highest BCUT2D eigenvalue weighted by atomic mass is 32.1. The molecule has 1 heterocycles. The van der Waals surface area contributed by atoms with E-state index < -0.39 is 40.5 Å². The maximum absolute atomic E-state index is 14.9. The minimum atomic E-state index is -1.08. The summed E-state index contributed by atoms with van der Waals surface area (Å²) >= 11 is 1.31. The zero-order valence-electron chi connectivity index (χ0n) is 15.1. The highest BCUT2D eigenvalue weighted by molar-refractivity contribution is 7.16. The summed E-state index contributed by atoms with van der Waals surface area (Å²) < 4.78 is 42.9. The number of ketones is 1. The van der Waals surface area contributed by atoms with E-state index in [9.17, 15) is 22.8 Å². The fraction of sp³-hybridized carbons (Fsp3) is 0. The molecular formula is C21H12F3N3O2S. The smallest absolute Gasteiger partial charge is 0.308 e. The monoisotopic (exact) mass is 427 g/mol. The molecule has 0 aliphatic heterocycles. The van der Waals surface area contributed by atoms with Crippen molar-refractivity contribution in [1.82, 2.24) is 4.98 Å². The molecule has 0 unspecified atom stereocenters. The third-order valence-corrected chi connectivity index (χ3v) is 5.00. The van der Waals surface area contributed by atoms with Crippen LogP contribution < -0.4 is 10.6 Å². The average molecular weight is 427 g/mol. The third kappa shape index (κ3) is 4.01. The molecule has 0 saturated heterocycles. The van der Waals surface area contributed by atoms with Gasteiger partial charge in [-0.2, -0.15) is 0 Å². The molecule has 30 heavy (non-hydrogen) atoms. The molecule has 9 heteroatoms. The molecule has 5 nitrogen and oxygen atoms in total. The number of thiazole rings is 1. The number of hydrogen-bond acceptors (Lipinski definition) is 4. The second-order valence-electron chi connectivity index (χ2n) is 6.27. The lowest BCUT2D eigenvalue weighted by molar-refractivity contribution is 0.103. The zero-order chi connectivity index (χ0) is 21.3. The van der Waals surface area contributed by atoms with Crippen LogP contribution in [-0.2, 0) is 0 Å². The van der Waals surface area contributed by atoms with Crippen LogP contribution in [0.25, 0.3) is 10.2 Å². The van der Waals surface area contributed by atoms with Gasteiger partial charge in [-0.1, -0.05) is 6.07 Å². The van der Waals surface area contributed by atoms with Crippen LogP contribution in [0.2, 0.25) is 0 Å². The summed E-state index contributed by atoms with van der Waals surface area (Å²) in [5.74, 6) is -3.30. The summed E-state index contributed by atoms with van der Waals surface area (Å²) in [7, 11) is 0. The van der Waals surface area contributed by atoms with Crippen molar-refractivity contribution in [3.05, 3.63) is 88.7 Å². The normalized spacial score (nSPS) is 10.8. The number of benzene rings is 3. The number of rotatable bonds is 4. The van der Waals surface area contributed by atoms with Crippen molar-refractivity contribution < 1.29 is 22.8 Å². The molecule has 3 aromatic carbocycles. The maximum atomic E-state index is 14.9. The van der Waals surface area contributed by atoms with Crippen LogP contribution >= 0.6 is 11.3 Å². The van der Waals surface area contributed by atoms with E-state index in [1.165, 1.54) is 35.6 Å². The number of nitrogens with zero attached hydrogens (tertiary/aromatic N) is 1. The Balaban J connectivity index is 1.61. The number of urea groups is 1. The fourth-order valence-corrected chi connectivity index (χ4v) is 3.56. The molecule has 4 rings (SSSR count). The van der Waals surface area contributed by atoms with Gasteiger partial charge in [0, 0.05) is 17.3 Å². The van der Waals surface area contributed by atoms with Gasteiger partial charge in [-0.05, 0) is 42.5 Å². The van der Waals surface area contributed by atoms with Crippen LogP contribution in [0.1, 0.15) is 15.9 Å². The number of nitrogens with one attached hydrogen (secondary N) is 2. The first-order valence-electron chi connectivity index (χ1n) is 8.61. The third-order valence-electron chi connectivity index (χ3n) is 4.21. The molecule has 0 aliphatic carbocycles. The summed E-state index contributed by atoms with van der Waals surface area (Å²) in [6, 6.07) is 10.3. The molecule has 0 aliphatic rings. The van der Waals surface area contributed by atoms with E-state index in [2.05, 4.69) is 15.6 Å². The lowest BCUT2D eigenvalue weighted by Crippen LogP contribution is -2.21. The van der Waals surface area contributed by atoms with Crippen LogP contribution in [0, 0.1) is 17.5 Å². The number of amides is 2. The van der Waals surface area contributed by atoms with Crippen molar-refractivity contribution in [3.8, 4) is 0 Å². The maximum Gasteiger partial charge on any atom is 0.323 e. The van der Waals surface area contributed by atoms with E-state index in [1.54, 1.807) is 17.6 Å². The van der Waals surface area contributed by atoms with Gasteiger partial charge in [-0.25, -0.2) is 22.9 Å². The first kappa shape index (κ1) is 19.6. The van der Waals surface area contributed by atoms with Crippen LogP contribution in [-0.4, -0.2) is 16.8 Å². The number of fused-ring (bicyclic) bond motifs is 1. The molecule has 150 valence electrons. The Morgan fingerprint density at radius 2 is 1.73 bits per heavy atom. The molecule has 2 N–H and O–H groups in total. The van der Waals surface area contributed by atoms with Crippen molar-refractivity contribution in [1.29, 1.82) is 0 Å². The van der Waals surface area contributed by atoms with E-state index in [0.29, 0.717) is 5.52 Å². The molecule has 0 atom stereocenters. The predicted octanol–water partition coefficient (Wildman–Crippen LogP) is 5.59. The van der Waals surface area contributed by atoms with E-state index in [4.69, 9.17) is 0 Å². The van der Waals surface area contributed by atoms with Crippen LogP contribution in [0.4, 0.5) is 29.3 Å². The van der Waals surface area contributed by atoms with Gasteiger partial charge in [-0.15, -0.1) is 11.3 Å². The first-order chi connectivity index (χ1) is 14.4. The summed E-state index contributed by atoms with van der Waals surface area (Å²) in [6.45, 7) is 0. The number of aromatic nitrogens is 1. The van der Waals surface area contributed by atoms with E-state index in [1.807, 2.05) is 0 Å². The molecule has 0 radical (unpaired) electrons. The number of carbonyl (C=O) groups is 2. The van der Waals surface area contributed by atoms with Crippen molar-refractivity contribution in [3.63, 3.8) is 0 Å². The summed E-state index contributed by atoms with van der Waals surface area (Å²) in [4.78, 5) is 29.0. The van der Waals surface area contributed by atoms with Gasteiger partial charge in [0.25, 0.3) is 0 Å². The summed E-state index contributed by atoms with van der Waals surface area (Å²) in [5.41, 5.74) is 1.53. The highest BCUT2D eigenvalue weighted by Gasteiger charge is 2.20. The van der Waals surface area contributed by atoms with Gasteiger partial charge >= 0.3 is 6.03 Å². The number of anilines is 2. The molecule has 4 aromatic rings. The zero-order valence-corrected chi connectivity index (χ0v) is 15.9. The van der Waals surface area contributed by atoms with Gasteiger partial charge in [0.2, 0.25) is 0 Å². The largest absolute Gasteiger partial charge is 0.323 e. The lowest BCUT2D eigenvalue weighted by Gasteiger charge is -2.11. The number of carbonyl (C=O) groups excluding carboxylic acids is 2. The van der Waals surface area contributed by atoms with Crippen molar-refractivity contribution in [2.45, 2.75) is 0 Å². The van der Waals surface area contributed by atoms with E-state index in [-0.39, 0.29) is 11.3 Å². The Kier molecular flexibility index (Phi) is 5.20. The fourth-order valence-electron chi connectivity index (χ4n) is 2.85. The molecule has 0 saturated carbocycles. The highest BCUT2D eigenvalue weighted by Crippen LogP contribution is 2.26. The quantitative estimate of drug-likeness (QED) is 0.417.